The third-order valence-corrected chi connectivity index (χ3v) is 4.72. The number of hydrogen-bond acceptors (Lipinski definition) is 6. The van der Waals surface area contributed by atoms with Crippen LogP contribution in [-0.4, -0.2) is 60.0 Å². The highest BCUT2D eigenvalue weighted by atomic mass is 16.5. The number of aromatic nitrogens is 2. The molecule has 3 rings (SSSR count). The van der Waals surface area contributed by atoms with E-state index in [-0.39, 0.29) is 6.03 Å². The van der Waals surface area contributed by atoms with Crippen LogP contribution in [0.1, 0.15) is 26.1 Å². The monoisotopic (exact) mass is 373 g/mol. The number of rotatable bonds is 7. The second kappa shape index (κ2) is 9.48. The molecule has 1 aromatic carbocycles. The first kappa shape index (κ1) is 19.3. The molecule has 1 saturated heterocycles. The van der Waals surface area contributed by atoms with Gasteiger partial charge in [0.2, 0.25) is 0 Å². The van der Waals surface area contributed by atoms with Gasteiger partial charge in [-0.3, -0.25) is 4.90 Å². The Kier molecular flexibility index (Phi) is 6.78. The van der Waals surface area contributed by atoms with E-state index < -0.39 is 0 Å². The topological polar surface area (TPSA) is 92.5 Å². The maximum absolute atomic E-state index is 12.4. The minimum atomic E-state index is -0.246. The van der Waals surface area contributed by atoms with E-state index in [1.807, 2.05) is 31.2 Å². The van der Waals surface area contributed by atoms with Gasteiger partial charge in [0.15, 0.2) is 5.82 Å². The summed E-state index contributed by atoms with van der Waals surface area (Å²) in [5, 5.41) is 9.80. The number of carbonyl (C=O) groups excluding carboxylic acids is 1. The highest BCUT2D eigenvalue weighted by Crippen LogP contribution is 2.26. The first-order valence-corrected chi connectivity index (χ1v) is 9.49. The molecule has 1 aromatic heterocycles. The van der Waals surface area contributed by atoms with E-state index in [1.165, 1.54) is 0 Å². The summed E-state index contributed by atoms with van der Waals surface area (Å²) < 4.78 is 10.7. The van der Waals surface area contributed by atoms with Gasteiger partial charge < -0.3 is 19.9 Å². The van der Waals surface area contributed by atoms with Crippen molar-refractivity contribution in [2.45, 2.75) is 32.7 Å². The quantitative estimate of drug-likeness (QED) is 0.775. The van der Waals surface area contributed by atoms with E-state index in [0.29, 0.717) is 42.0 Å². The van der Waals surface area contributed by atoms with Crippen LogP contribution in [0, 0.1) is 0 Å². The van der Waals surface area contributed by atoms with Gasteiger partial charge in [0, 0.05) is 32.1 Å². The zero-order valence-corrected chi connectivity index (χ0v) is 15.9. The normalized spacial score (nSPS) is 16.1. The number of morpholine rings is 1. The number of anilines is 1. The number of ether oxygens (including phenoxy) is 1. The van der Waals surface area contributed by atoms with Gasteiger partial charge in [-0.1, -0.05) is 31.1 Å². The summed E-state index contributed by atoms with van der Waals surface area (Å²) in [7, 11) is 0. The third-order valence-electron chi connectivity index (χ3n) is 4.72. The third kappa shape index (κ3) is 5.05. The number of para-hydroxylation sites is 1. The summed E-state index contributed by atoms with van der Waals surface area (Å²) in [4.78, 5) is 19.1. The number of carbonyl (C=O) groups is 1. The van der Waals surface area contributed by atoms with Gasteiger partial charge in [-0.2, -0.15) is 4.98 Å². The summed E-state index contributed by atoms with van der Waals surface area (Å²) in [6.45, 7) is 7.99. The Morgan fingerprint density at radius 2 is 2.04 bits per heavy atom. The summed E-state index contributed by atoms with van der Waals surface area (Å²) in [5.41, 5.74) is 1.35. The van der Waals surface area contributed by atoms with Crippen LogP contribution in [0.25, 0.3) is 11.5 Å². The average molecular weight is 373 g/mol. The molecule has 0 bridgehead atoms. The molecule has 0 aliphatic carbocycles. The zero-order chi connectivity index (χ0) is 19.1. The summed E-state index contributed by atoms with van der Waals surface area (Å²) >= 11 is 0. The van der Waals surface area contributed by atoms with Crippen molar-refractivity contribution in [2.24, 2.45) is 0 Å². The zero-order valence-electron chi connectivity index (χ0n) is 15.9. The fraction of sp³-hybridized carbons (Fsp3) is 0.526. The van der Waals surface area contributed by atoms with Crippen molar-refractivity contribution in [1.82, 2.24) is 20.4 Å². The van der Waals surface area contributed by atoms with Crippen LogP contribution < -0.4 is 10.6 Å². The summed E-state index contributed by atoms with van der Waals surface area (Å²) in [6.07, 6.45) is 1.66. The molecule has 8 nitrogen and oxygen atoms in total. The van der Waals surface area contributed by atoms with Gasteiger partial charge in [-0.05, 0) is 18.6 Å². The van der Waals surface area contributed by atoms with Crippen LogP contribution in [-0.2, 0) is 11.2 Å². The highest BCUT2D eigenvalue weighted by Gasteiger charge is 2.20. The molecular formula is C19H27N5O3. The minimum Gasteiger partial charge on any atom is -0.379 e. The molecule has 1 aliphatic rings. The van der Waals surface area contributed by atoms with Crippen LogP contribution in [0.5, 0.6) is 0 Å². The number of nitrogens with one attached hydrogen (secondary N) is 2. The Morgan fingerprint density at radius 1 is 1.26 bits per heavy atom. The Hall–Kier alpha value is -2.45. The van der Waals surface area contributed by atoms with Gasteiger partial charge in [-0.15, -0.1) is 0 Å². The molecule has 27 heavy (non-hydrogen) atoms. The first-order valence-electron chi connectivity index (χ1n) is 9.49. The molecule has 2 amide bonds. The molecule has 146 valence electrons. The Labute approximate surface area is 159 Å². The standard InChI is InChI=1S/C19H27N5O3/c1-3-14(24-9-11-26-12-10-24)13-20-19(25)21-16-8-6-5-7-15(16)18-22-17(4-2)23-27-18/h5-8,14H,3-4,9-13H2,1-2H3,(H2,20,21,25)/t14-/m0/s1. The van der Waals surface area contributed by atoms with E-state index in [0.717, 1.165) is 32.7 Å². The fourth-order valence-electron chi connectivity index (χ4n) is 3.14. The molecule has 0 spiro atoms. The molecule has 0 unspecified atom stereocenters. The van der Waals surface area contributed by atoms with E-state index in [2.05, 4.69) is 32.6 Å². The number of nitrogens with zero attached hydrogens (tertiary/aromatic N) is 3. The molecule has 0 saturated carbocycles. The smallest absolute Gasteiger partial charge is 0.319 e. The maximum atomic E-state index is 12.4. The largest absolute Gasteiger partial charge is 0.379 e. The number of benzene rings is 1. The van der Waals surface area contributed by atoms with Crippen molar-refractivity contribution >= 4 is 11.7 Å². The lowest BCUT2D eigenvalue weighted by atomic mass is 10.1. The number of hydrogen-bond donors (Lipinski definition) is 2. The predicted octanol–water partition coefficient (Wildman–Crippen LogP) is 2.53. The molecule has 1 aliphatic heterocycles. The second-order valence-corrected chi connectivity index (χ2v) is 6.46. The van der Waals surface area contributed by atoms with Gasteiger partial charge >= 0.3 is 6.03 Å². The lowest BCUT2D eigenvalue weighted by Gasteiger charge is -2.34. The van der Waals surface area contributed by atoms with E-state index >= 15 is 0 Å². The number of amides is 2. The lowest BCUT2D eigenvalue weighted by molar-refractivity contribution is 0.0165. The van der Waals surface area contributed by atoms with E-state index in [4.69, 9.17) is 9.26 Å². The molecule has 1 atom stereocenters. The van der Waals surface area contributed by atoms with Crippen molar-refractivity contribution < 1.29 is 14.1 Å². The molecule has 1 fully saturated rings. The minimum absolute atomic E-state index is 0.246. The molecule has 2 N–H and O–H groups in total. The molecule has 2 heterocycles. The molecule has 0 radical (unpaired) electrons. The summed E-state index contributed by atoms with van der Waals surface area (Å²) in [6, 6.07) is 7.47. The van der Waals surface area contributed by atoms with E-state index in [1.54, 1.807) is 0 Å². The second-order valence-electron chi connectivity index (χ2n) is 6.46. The van der Waals surface area contributed by atoms with Crippen LogP contribution in [0.3, 0.4) is 0 Å². The lowest BCUT2D eigenvalue weighted by Crippen LogP contribution is -2.49. The van der Waals surface area contributed by atoms with Crippen LogP contribution >= 0.6 is 0 Å². The van der Waals surface area contributed by atoms with Gasteiger partial charge in [0.25, 0.3) is 5.89 Å². The maximum Gasteiger partial charge on any atom is 0.319 e. The van der Waals surface area contributed by atoms with Crippen molar-refractivity contribution in [2.75, 3.05) is 38.2 Å². The van der Waals surface area contributed by atoms with E-state index in [9.17, 15) is 4.79 Å². The number of aryl methyl sites for hydroxylation is 1. The number of urea groups is 1. The first-order chi connectivity index (χ1) is 13.2. The Balaban J connectivity index is 1.60. The highest BCUT2D eigenvalue weighted by molar-refractivity contribution is 5.93. The fourth-order valence-corrected chi connectivity index (χ4v) is 3.14. The van der Waals surface area contributed by atoms with Gasteiger partial charge in [0.05, 0.1) is 24.5 Å². The molecule has 2 aromatic rings. The van der Waals surface area contributed by atoms with Crippen molar-refractivity contribution in [1.29, 1.82) is 0 Å². The van der Waals surface area contributed by atoms with Crippen molar-refractivity contribution in [3.63, 3.8) is 0 Å². The van der Waals surface area contributed by atoms with Gasteiger partial charge in [-0.25, -0.2) is 4.79 Å². The van der Waals surface area contributed by atoms with Crippen LogP contribution in [0.15, 0.2) is 28.8 Å². The predicted molar refractivity (Wildman–Crippen MR) is 103 cm³/mol. The summed E-state index contributed by atoms with van der Waals surface area (Å²) in [5.74, 6) is 1.04. The van der Waals surface area contributed by atoms with Crippen LogP contribution in [0.2, 0.25) is 0 Å². The molecule has 8 heteroatoms. The van der Waals surface area contributed by atoms with Crippen molar-refractivity contribution in [3.8, 4) is 11.5 Å². The average Bonchev–Trinajstić information content (AvgIpc) is 3.19. The Bertz CT molecular complexity index is 742. The van der Waals surface area contributed by atoms with Crippen LogP contribution in [0.4, 0.5) is 10.5 Å². The molecular weight excluding hydrogens is 346 g/mol. The SMILES string of the molecule is CCc1noc(-c2ccccc2NC(=O)NC[C@H](CC)N2CCOCC2)n1. The van der Waals surface area contributed by atoms with Crippen molar-refractivity contribution in [3.05, 3.63) is 30.1 Å². The van der Waals surface area contributed by atoms with Gasteiger partial charge in [0.1, 0.15) is 0 Å². The Morgan fingerprint density at radius 3 is 2.74 bits per heavy atom.